The van der Waals surface area contributed by atoms with Gasteiger partial charge in [0.05, 0.1) is 11.1 Å². The second-order valence-corrected chi connectivity index (χ2v) is 8.99. The average molecular weight is 435 g/mol. The Kier molecular flexibility index (Phi) is 5.19. The fourth-order valence-electron chi connectivity index (χ4n) is 4.63. The van der Waals surface area contributed by atoms with Crippen LogP contribution in [0.3, 0.4) is 0 Å². The number of fused-ring (bicyclic) bond motifs is 1. The van der Waals surface area contributed by atoms with Gasteiger partial charge in [0, 0.05) is 35.8 Å². The van der Waals surface area contributed by atoms with Gasteiger partial charge in [0.1, 0.15) is 5.82 Å². The molecule has 0 aliphatic heterocycles. The van der Waals surface area contributed by atoms with Crippen LogP contribution in [-0.4, -0.2) is 28.8 Å². The smallest absolute Gasteiger partial charge is 0.253 e. The second-order valence-electron chi connectivity index (χ2n) is 8.99. The SMILES string of the molecule is CC[C@H]1C[C@H](c2cccc(-c3cc4c(C(=O)NC)cnc(NC(=O)C5CC5)c4[nH]3)c2F)C1. The molecule has 0 atom stereocenters. The summed E-state index contributed by atoms with van der Waals surface area (Å²) in [6.07, 6.45) is 6.37. The van der Waals surface area contributed by atoms with E-state index in [0.29, 0.717) is 39.5 Å². The summed E-state index contributed by atoms with van der Waals surface area (Å²) in [5.74, 6) is 0.710. The van der Waals surface area contributed by atoms with E-state index in [0.717, 1.165) is 37.7 Å². The van der Waals surface area contributed by atoms with Gasteiger partial charge in [0.25, 0.3) is 5.91 Å². The van der Waals surface area contributed by atoms with Crippen LogP contribution in [0.15, 0.2) is 30.5 Å². The zero-order valence-electron chi connectivity index (χ0n) is 18.3. The molecule has 3 aromatic rings. The summed E-state index contributed by atoms with van der Waals surface area (Å²) >= 11 is 0. The predicted molar refractivity (Wildman–Crippen MR) is 122 cm³/mol. The summed E-state index contributed by atoms with van der Waals surface area (Å²) in [5, 5.41) is 6.08. The summed E-state index contributed by atoms with van der Waals surface area (Å²) in [7, 11) is 1.55. The first-order valence-corrected chi connectivity index (χ1v) is 11.3. The molecule has 2 aliphatic carbocycles. The lowest BCUT2D eigenvalue weighted by atomic mass is 9.70. The summed E-state index contributed by atoms with van der Waals surface area (Å²) < 4.78 is 15.6. The van der Waals surface area contributed by atoms with E-state index in [2.05, 4.69) is 27.5 Å². The lowest BCUT2D eigenvalue weighted by molar-refractivity contribution is -0.117. The maximum Gasteiger partial charge on any atom is 0.253 e. The third kappa shape index (κ3) is 3.55. The van der Waals surface area contributed by atoms with Crippen molar-refractivity contribution < 1.29 is 14.0 Å². The number of nitrogens with one attached hydrogen (secondary N) is 3. The number of pyridine rings is 1. The molecule has 7 heteroatoms. The summed E-state index contributed by atoms with van der Waals surface area (Å²) in [6, 6.07) is 7.27. The summed E-state index contributed by atoms with van der Waals surface area (Å²) in [6.45, 7) is 2.18. The lowest BCUT2D eigenvalue weighted by Gasteiger charge is -2.35. The minimum atomic E-state index is -0.289. The van der Waals surface area contributed by atoms with Crippen LogP contribution in [0.2, 0.25) is 0 Å². The number of halogens is 1. The first kappa shape index (κ1) is 20.7. The predicted octanol–water partition coefficient (Wildman–Crippen LogP) is 4.98. The fourth-order valence-corrected chi connectivity index (χ4v) is 4.63. The highest BCUT2D eigenvalue weighted by molar-refractivity contribution is 6.11. The fraction of sp³-hybridized carbons (Fsp3) is 0.400. The highest BCUT2D eigenvalue weighted by atomic mass is 19.1. The molecule has 5 rings (SSSR count). The van der Waals surface area contributed by atoms with Crippen LogP contribution in [0.25, 0.3) is 22.2 Å². The van der Waals surface area contributed by atoms with Crippen molar-refractivity contribution in [2.24, 2.45) is 11.8 Å². The third-order valence-electron chi connectivity index (χ3n) is 6.90. The molecule has 2 heterocycles. The van der Waals surface area contributed by atoms with Crippen LogP contribution < -0.4 is 10.6 Å². The van der Waals surface area contributed by atoms with Gasteiger partial charge >= 0.3 is 0 Å². The zero-order valence-corrected chi connectivity index (χ0v) is 18.3. The molecule has 0 radical (unpaired) electrons. The van der Waals surface area contributed by atoms with Gasteiger partial charge in [-0.1, -0.05) is 25.5 Å². The number of nitrogens with zero attached hydrogens (tertiary/aromatic N) is 1. The van der Waals surface area contributed by atoms with Gasteiger partial charge in [-0.3, -0.25) is 9.59 Å². The first-order chi connectivity index (χ1) is 15.5. The topological polar surface area (TPSA) is 86.9 Å². The van der Waals surface area contributed by atoms with E-state index in [-0.39, 0.29) is 29.5 Å². The van der Waals surface area contributed by atoms with Crippen LogP contribution in [0.1, 0.15) is 60.9 Å². The number of hydrogen-bond donors (Lipinski definition) is 3. The average Bonchev–Trinajstić information content (AvgIpc) is 3.52. The van der Waals surface area contributed by atoms with Crippen molar-refractivity contribution in [1.29, 1.82) is 0 Å². The van der Waals surface area contributed by atoms with E-state index in [1.807, 2.05) is 12.1 Å². The zero-order chi connectivity index (χ0) is 22.4. The highest BCUT2D eigenvalue weighted by Crippen LogP contribution is 2.45. The molecule has 0 bridgehead atoms. The standard InChI is InChI=1S/C25H27FN4O2/c1-3-13-9-15(10-13)16-5-4-6-17(21(16)26)20-11-18-19(25(32)27-2)12-28-23(22(18)29-20)30-24(31)14-7-8-14/h4-6,11-15,29H,3,7-10H2,1-2H3,(H,27,32)(H,28,30,31)/t13-,15-. The Bertz CT molecular complexity index is 1210. The quantitative estimate of drug-likeness (QED) is 0.511. The van der Waals surface area contributed by atoms with E-state index >= 15 is 4.39 Å². The van der Waals surface area contributed by atoms with Crippen molar-refractivity contribution in [3.05, 3.63) is 47.4 Å². The van der Waals surface area contributed by atoms with Gasteiger partial charge in [-0.05, 0) is 55.2 Å². The Labute approximate surface area is 186 Å². The van der Waals surface area contributed by atoms with Crippen molar-refractivity contribution >= 4 is 28.5 Å². The summed E-state index contributed by atoms with van der Waals surface area (Å²) in [4.78, 5) is 32.3. The van der Waals surface area contributed by atoms with Crippen LogP contribution in [-0.2, 0) is 4.79 Å². The molecule has 2 aromatic heterocycles. The van der Waals surface area contributed by atoms with Gasteiger partial charge in [-0.2, -0.15) is 0 Å². The van der Waals surface area contributed by atoms with Crippen molar-refractivity contribution in [1.82, 2.24) is 15.3 Å². The Balaban J connectivity index is 1.57. The Morgan fingerprint density at radius 3 is 2.72 bits per heavy atom. The number of amides is 2. The molecule has 0 spiro atoms. The van der Waals surface area contributed by atoms with E-state index in [1.54, 1.807) is 19.2 Å². The number of aromatic nitrogens is 2. The molecule has 166 valence electrons. The molecule has 0 saturated heterocycles. The first-order valence-electron chi connectivity index (χ1n) is 11.3. The van der Waals surface area contributed by atoms with Crippen LogP contribution in [0.4, 0.5) is 10.2 Å². The molecule has 2 aliphatic rings. The molecule has 1 aromatic carbocycles. The van der Waals surface area contributed by atoms with Gasteiger partial charge in [-0.15, -0.1) is 0 Å². The lowest BCUT2D eigenvalue weighted by Crippen LogP contribution is -2.22. The van der Waals surface area contributed by atoms with E-state index in [9.17, 15) is 9.59 Å². The molecular weight excluding hydrogens is 407 g/mol. The number of H-pyrrole nitrogens is 1. The second kappa shape index (κ2) is 8.04. The monoisotopic (exact) mass is 434 g/mol. The molecule has 32 heavy (non-hydrogen) atoms. The van der Waals surface area contributed by atoms with Gasteiger partial charge < -0.3 is 15.6 Å². The van der Waals surface area contributed by atoms with E-state index < -0.39 is 0 Å². The molecule has 3 N–H and O–H groups in total. The minimum absolute atomic E-state index is 0.0171. The minimum Gasteiger partial charge on any atom is -0.355 e. The number of benzene rings is 1. The largest absolute Gasteiger partial charge is 0.355 e. The van der Waals surface area contributed by atoms with Crippen molar-refractivity contribution in [2.75, 3.05) is 12.4 Å². The summed E-state index contributed by atoms with van der Waals surface area (Å²) in [5.41, 5.74) is 2.66. The number of carbonyl (C=O) groups excluding carboxylic acids is 2. The molecule has 0 unspecified atom stereocenters. The molecule has 2 fully saturated rings. The Hall–Kier alpha value is -3.22. The molecular formula is C25H27FN4O2. The van der Waals surface area contributed by atoms with Crippen LogP contribution in [0, 0.1) is 17.7 Å². The highest BCUT2D eigenvalue weighted by Gasteiger charge is 2.32. The molecule has 6 nitrogen and oxygen atoms in total. The Morgan fingerprint density at radius 2 is 2.03 bits per heavy atom. The molecule has 2 amide bonds. The van der Waals surface area contributed by atoms with Crippen molar-refractivity contribution in [2.45, 2.75) is 44.9 Å². The maximum atomic E-state index is 15.6. The normalized spacial score (nSPS) is 20.1. The van der Waals surface area contributed by atoms with Gasteiger partial charge in [0.2, 0.25) is 5.91 Å². The number of aromatic amines is 1. The van der Waals surface area contributed by atoms with Crippen LogP contribution >= 0.6 is 0 Å². The number of anilines is 1. The van der Waals surface area contributed by atoms with E-state index in [4.69, 9.17) is 0 Å². The van der Waals surface area contributed by atoms with Crippen LogP contribution in [0.5, 0.6) is 0 Å². The Morgan fingerprint density at radius 1 is 1.25 bits per heavy atom. The number of carbonyl (C=O) groups is 2. The van der Waals surface area contributed by atoms with Crippen molar-refractivity contribution in [3.63, 3.8) is 0 Å². The molecule has 2 saturated carbocycles. The maximum absolute atomic E-state index is 15.6. The third-order valence-corrected chi connectivity index (χ3v) is 6.90. The van der Waals surface area contributed by atoms with E-state index in [1.165, 1.54) is 6.20 Å². The number of rotatable bonds is 6. The van der Waals surface area contributed by atoms with Gasteiger partial charge in [0.15, 0.2) is 5.82 Å². The number of hydrogen-bond acceptors (Lipinski definition) is 3. The van der Waals surface area contributed by atoms with Gasteiger partial charge in [-0.25, -0.2) is 9.37 Å². The van der Waals surface area contributed by atoms with Crippen molar-refractivity contribution in [3.8, 4) is 11.3 Å².